The number of nitrogens with one attached hydrogen (secondary N) is 1. The molecule has 0 aliphatic heterocycles. The summed E-state index contributed by atoms with van der Waals surface area (Å²) in [7, 11) is 1.54. The van der Waals surface area contributed by atoms with Gasteiger partial charge in [0, 0.05) is 25.3 Å². The van der Waals surface area contributed by atoms with Crippen LogP contribution < -0.4 is 11.1 Å². The Morgan fingerprint density at radius 2 is 2.38 bits per heavy atom. The molecule has 1 rings (SSSR count). The highest BCUT2D eigenvalue weighted by Crippen LogP contribution is 2.05. The normalized spacial score (nSPS) is 11.5. The van der Waals surface area contributed by atoms with Crippen molar-refractivity contribution >= 4 is 5.91 Å². The second kappa shape index (κ2) is 5.09. The van der Waals surface area contributed by atoms with Crippen molar-refractivity contribution in [3.8, 4) is 0 Å². The number of carbonyl (C=O) groups is 1. The Balaban J connectivity index is 2.53. The summed E-state index contributed by atoms with van der Waals surface area (Å²) in [5.41, 5.74) is 5.52. The van der Waals surface area contributed by atoms with Gasteiger partial charge in [-0.2, -0.15) is 0 Å². The zero-order valence-corrected chi connectivity index (χ0v) is 9.74. The number of aromatic nitrogens is 1. The van der Waals surface area contributed by atoms with Crippen LogP contribution in [0, 0.1) is 0 Å². The standard InChI is InChI=1S/C10H17N3O3/c1-10(2,11)6-12-9(14)8-4-7(5-15-3)16-13-8/h4H,5-6,11H2,1-3H3,(H,12,14). The van der Waals surface area contributed by atoms with Gasteiger partial charge in [0.05, 0.1) is 0 Å². The van der Waals surface area contributed by atoms with Crippen molar-refractivity contribution in [1.29, 1.82) is 0 Å². The van der Waals surface area contributed by atoms with Crippen molar-refractivity contribution < 1.29 is 14.1 Å². The van der Waals surface area contributed by atoms with Gasteiger partial charge in [0.15, 0.2) is 11.5 Å². The Morgan fingerprint density at radius 1 is 1.69 bits per heavy atom. The lowest BCUT2D eigenvalue weighted by Crippen LogP contribution is -2.45. The Morgan fingerprint density at radius 3 is 2.94 bits per heavy atom. The molecule has 0 fully saturated rings. The van der Waals surface area contributed by atoms with Crippen LogP contribution in [0.2, 0.25) is 0 Å². The van der Waals surface area contributed by atoms with E-state index in [4.69, 9.17) is 15.0 Å². The molecule has 0 aliphatic rings. The van der Waals surface area contributed by atoms with E-state index in [0.29, 0.717) is 18.9 Å². The monoisotopic (exact) mass is 227 g/mol. The molecule has 1 aromatic rings. The number of nitrogens with two attached hydrogens (primary N) is 1. The van der Waals surface area contributed by atoms with Gasteiger partial charge in [-0.25, -0.2) is 0 Å². The van der Waals surface area contributed by atoms with E-state index in [0.717, 1.165) is 0 Å². The Hall–Kier alpha value is -1.40. The van der Waals surface area contributed by atoms with Gasteiger partial charge in [0.2, 0.25) is 0 Å². The summed E-state index contributed by atoms with van der Waals surface area (Å²) in [6, 6.07) is 1.54. The van der Waals surface area contributed by atoms with Crippen molar-refractivity contribution in [3.63, 3.8) is 0 Å². The average molecular weight is 227 g/mol. The first-order valence-corrected chi connectivity index (χ1v) is 4.94. The van der Waals surface area contributed by atoms with Crippen molar-refractivity contribution in [3.05, 3.63) is 17.5 Å². The number of amides is 1. The van der Waals surface area contributed by atoms with Gasteiger partial charge in [-0.1, -0.05) is 5.16 Å². The van der Waals surface area contributed by atoms with Crippen LogP contribution in [-0.2, 0) is 11.3 Å². The molecule has 0 radical (unpaired) electrons. The number of methoxy groups -OCH3 is 1. The molecular formula is C10H17N3O3. The van der Waals surface area contributed by atoms with Crippen LogP contribution in [0.5, 0.6) is 0 Å². The van der Waals surface area contributed by atoms with Crippen molar-refractivity contribution in [1.82, 2.24) is 10.5 Å². The molecule has 0 aromatic carbocycles. The van der Waals surface area contributed by atoms with E-state index in [1.54, 1.807) is 13.2 Å². The SMILES string of the molecule is COCc1cc(C(=O)NCC(C)(C)N)no1. The van der Waals surface area contributed by atoms with E-state index >= 15 is 0 Å². The van der Waals surface area contributed by atoms with Gasteiger partial charge < -0.3 is 20.3 Å². The molecule has 0 spiro atoms. The molecule has 16 heavy (non-hydrogen) atoms. The Labute approximate surface area is 94.1 Å². The first-order valence-electron chi connectivity index (χ1n) is 4.94. The molecule has 6 nitrogen and oxygen atoms in total. The minimum absolute atomic E-state index is 0.233. The third-order valence-electron chi connectivity index (χ3n) is 1.78. The highest BCUT2D eigenvalue weighted by molar-refractivity contribution is 5.92. The third-order valence-corrected chi connectivity index (χ3v) is 1.78. The summed E-state index contributed by atoms with van der Waals surface area (Å²) >= 11 is 0. The summed E-state index contributed by atoms with van der Waals surface area (Å²) in [5.74, 6) is 0.212. The fraction of sp³-hybridized carbons (Fsp3) is 0.600. The molecule has 90 valence electrons. The Bertz CT molecular complexity index is 354. The van der Waals surface area contributed by atoms with Gasteiger partial charge >= 0.3 is 0 Å². The molecule has 0 aliphatic carbocycles. The topological polar surface area (TPSA) is 90.4 Å². The first kappa shape index (κ1) is 12.7. The smallest absolute Gasteiger partial charge is 0.273 e. The van der Waals surface area contributed by atoms with Gasteiger partial charge in [0.25, 0.3) is 5.91 Å². The van der Waals surface area contributed by atoms with Crippen LogP contribution in [0.15, 0.2) is 10.6 Å². The van der Waals surface area contributed by atoms with E-state index in [2.05, 4.69) is 10.5 Å². The maximum Gasteiger partial charge on any atom is 0.273 e. The third kappa shape index (κ3) is 4.00. The quantitative estimate of drug-likeness (QED) is 0.754. The van der Waals surface area contributed by atoms with Crippen molar-refractivity contribution in [2.75, 3.05) is 13.7 Å². The molecular weight excluding hydrogens is 210 g/mol. The van der Waals surface area contributed by atoms with E-state index in [1.807, 2.05) is 13.8 Å². The van der Waals surface area contributed by atoms with Crippen LogP contribution in [-0.4, -0.2) is 30.3 Å². The maximum absolute atomic E-state index is 11.6. The highest BCUT2D eigenvalue weighted by atomic mass is 16.5. The summed E-state index contributed by atoms with van der Waals surface area (Å²) in [6.07, 6.45) is 0. The molecule has 0 unspecified atom stereocenters. The molecule has 3 N–H and O–H groups in total. The van der Waals surface area contributed by atoms with Crippen LogP contribution in [0.1, 0.15) is 30.1 Å². The van der Waals surface area contributed by atoms with Gasteiger partial charge in [-0.05, 0) is 13.8 Å². The molecule has 0 bridgehead atoms. The van der Waals surface area contributed by atoms with Gasteiger partial charge in [0.1, 0.15) is 6.61 Å². The second-order valence-electron chi connectivity index (χ2n) is 4.28. The van der Waals surface area contributed by atoms with E-state index in [-0.39, 0.29) is 11.6 Å². The number of hydrogen-bond donors (Lipinski definition) is 2. The zero-order valence-electron chi connectivity index (χ0n) is 9.74. The van der Waals surface area contributed by atoms with Crippen LogP contribution in [0.25, 0.3) is 0 Å². The largest absolute Gasteiger partial charge is 0.377 e. The Kier molecular flexibility index (Phi) is 4.03. The first-order chi connectivity index (χ1) is 7.42. The predicted octanol–water partition coefficient (Wildman–Crippen LogP) is 0.288. The number of rotatable bonds is 5. The number of hydrogen-bond acceptors (Lipinski definition) is 5. The lowest BCUT2D eigenvalue weighted by Gasteiger charge is -2.18. The molecule has 0 atom stereocenters. The van der Waals surface area contributed by atoms with E-state index in [1.165, 1.54) is 0 Å². The lowest BCUT2D eigenvalue weighted by atomic mass is 10.1. The van der Waals surface area contributed by atoms with E-state index < -0.39 is 5.54 Å². The zero-order chi connectivity index (χ0) is 12.2. The fourth-order valence-electron chi connectivity index (χ4n) is 1.03. The number of carbonyl (C=O) groups excluding carboxylic acids is 1. The minimum atomic E-state index is -0.450. The average Bonchev–Trinajstić information content (AvgIpc) is 2.62. The summed E-state index contributed by atoms with van der Waals surface area (Å²) < 4.78 is 9.74. The number of nitrogens with zero attached hydrogens (tertiary/aromatic N) is 1. The summed E-state index contributed by atoms with van der Waals surface area (Å²) in [4.78, 5) is 11.6. The summed E-state index contributed by atoms with van der Waals surface area (Å²) in [6.45, 7) is 4.32. The van der Waals surface area contributed by atoms with Crippen molar-refractivity contribution in [2.45, 2.75) is 26.0 Å². The minimum Gasteiger partial charge on any atom is -0.377 e. The van der Waals surface area contributed by atoms with E-state index in [9.17, 15) is 4.79 Å². The number of ether oxygens (including phenoxy) is 1. The molecule has 0 saturated carbocycles. The maximum atomic E-state index is 11.6. The van der Waals surface area contributed by atoms with Crippen LogP contribution in [0.4, 0.5) is 0 Å². The highest BCUT2D eigenvalue weighted by Gasteiger charge is 2.16. The molecule has 1 heterocycles. The van der Waals surface area contributed by atoms with Crippen molar-refractivity contribution in [2.24, 2.45) is 5.73 Å². The molecule has 1 aromatic heterocycles. The second-order valence-corrected chi connectivity index (χ2v) is 4.28. The van der Waals surface area contributed by atoms with Crippen LogP contribution in [0.3, 0.4) is 0 Å². The van der Waals surface area contributed by atoms with Crippen LogP contribution >= 0.6 is 0 Å². The van der Waals surface area contributed by atoms with Gasteiger partial charge in [-0.15, -0.1) is 0 Å². The molecule has 0 saturated heterocycles. The lowest BCUT2D eigenvalue weighted by molar-refractivity contribution is 0.0936. The van der Waals surface area contributed by atoms with Gasteiger partial charge in [-0.3, -0.25) is 4.79 Å². The molecule has 1 amide bonds. The summed E-state index contributed by atoms with van der Waals surface area (Å²) in [5, 5.41) is 6.29. The predicted molar refractivity (Wildman–Crippen MR) is 57.8 cm³/mol. The molecule has 6 heteroatoms. The fourth-order valence-corrected chi connectivity index (χ4v) is 1.03.